The summed E-state index contributed by atoms with van der Waals surface area (Å²) in [5.41, 5.74) is 1.12. The maximum Gasteiger partial charge on any atom is 0.223 e. The molecule has 0 aliphatic carbocycles. The Hall–Kier alpha value is -1.63. The van der Waals surface area contributed by atoms with E-state index in [1.165, 1.54) is 0 Å². The fraction of sp³-hybridized carbons (Fsp3) is 0.600. The van der Waals surface area contributed by atoms with Crippen LogP contribution in [0.2, 0.25) is 5.02 Å². The molecule has 2 atom stereocenters. The lowest BCUT2D eigenvalue weighted by atomic mass is 9.96. The van der Waals surface area contributed by atoms with E-state index in [2.05, 4.69) is 10.6 Å². The van der Waals surface area contributed by atoms with Crippen molar-refractivity contribution in [1.29, 1.82) is 0 Å². The minimum Gasteiger partial charge on any atom is -0.383 e. The Morgan fingerprint density at radius 2 is 2.19 bits per heavy atom. The van der Waals surface area contributed by atoms with Crippen molar-refractivity contribution in [1.82, 2.24) is 15.5 Å². The van der Waals surface area contributed by atoms with Gasteiger partial charge in [0, 0.05) is 57.2 Å². The van der Waals surface area contributed by atoms with Gasteiger partial charge < -0.3 is 20.3 Å². The van der Waals surface area contributed by atoms with Gasteiger partial charge in [0.25, 0.3) is 0 Å². The molecule has 0 saturated carbocycles. The van der Waals surface area contributed by atoms with Gasteiger partial charge in [-0.3, -0.25) is 9.59 Å². The Morgan fingerprint density at radius 3 is 2.93 bits per heavy atom. The molecule has 0 radical (unpaired) electrons. The van der Waals surface area contributed by atoms with Crippen LogP contribution in [0, 0.1) is 5.92 Å². The van der Waals surface area contributed by atoms with E-state index in [1.807, 2.05) is 31.3 Å². The zero-order valence-corrected chi connectivity index (χ0v) is 16.9. The first kappa shape index (κ1) is 21.7. The fourth-order valence-corrected chi connectivity index (χ4v) is 3.54. The Morgan fingerprint density at radius 1 is 1.37 bits per heavy atom. The smallest absolute Gasteiger partial charge is 0.223 e. The van der Waals surface area contributed by atoms with Gasteiger partial charge in [-0.2, -0.15) is 0 Å². The minimum absolute atomic E-state index is 0.0124. The molecule has 1 heterocycles. The van der Waals surface area contributed by atoms with E-state index in [0.29, 0.717) is 32.7 Å². The Labute approximate surface area is 166 Å². The molecule has 27 heavy (non-hydrogen) atoms. The van der Waals surface area contributed by atoms with E-state index in [0.717, 1.165) is 23.4 Å². The number of likely N-dealkylation sites (N-methyl/N-ethyl adjacent to an activating group) is 1. The number of carbonyl (C=O) groups is 2. The highest BCUT2D eigenvalue weighted by molar-refractivity contribution is 6.30. The fourth-order valence-electron chi connectivity index (χ4n) is 3.32. The van der Waals surface area contributed by atoms with Gasteiger partial charge in [0.15, 0.2) is 0 Å². The second kappa shape index (κ2) is 11.3. The van der Waals surface area contributed by atoms with Crippen LogP contribution in [0.3, 0.4) is 0 Å². The van der Waals surface area contributed by atoms with Gasteiger partial charge in [-0.1, -0.05) is 30.2 Å². The molecule has 1 aromatic carbocycles. The van der Waals surface area contributed by atoms with Crippen LogP contribution < -0.4 is 10.6 Å². The molecule has 7 heteroatoms. The lowest BCUT2D eigenvalue weighted by Gasteiger charge is -2.24. The zero-order chi connectivity index (χ0) is 19.6. The number of carbonyl (C=O) groups excluding carboxylic acids is 2. The van der Waals surface area contributed by atoms with Crippen LogP contribution in [-0.4, -0.2) is 56.6 Å². The first-order valence-electron chi connectivity index (χ1n) is 9.48. The Bertz CT molecular complexity index is 626. The van der Waals surface area contributed by atoms with Crippen LogP contribution in [-0.2, 0) is 20.9 Å². The monoisotopic (exact) mass is 395 g/mol. The van der Waals surface area contributed by atoms with E-state index in [9.17, 15) is 9.59 Å². The van der Waals surface area contributed by atoms with Gasteiger partial charge in [-0.15, -0.1) is 0 Å². The van der Waals surface area contributed by atoms with E-state index >= 15 is 0 Å². The van der Waals surface area contributed by atoms with Crippen LogP contribution in [0.1, 0.15) is 31.2 Å². The first-order chi connectivity index (χ1) is 13.0. The third-order valence-electron chi connectivity index (χ3n) is 4.91. The molecule has 2 N–H and O–H groups in total. The molecule has 0 bridgehead atoms. The van der Waals surface area contributed by atoms with Gasteiger partial charge in [0.1, 0.15) is 0 Å². The highest BCUT2D eigenvalue weighted by Crippen LogP contribution is 2.19. The van der Waals surface area contributed by atoms with Gasteiger partial charge >= 0.3 is 0 Å². The summed E-state index contributed by atoms with van der Waals surface area (Å²) < 4.78 is 4.96. The summed E-state index contributed by atoms with van der Waals surface area (Å²) >= 11 is 6.04. The molecule has 0 unspecified atom stereocenters. The van der Waals surface area contributed by atoms with Crippen LogP contribution >= 0.6 is 11.6 Å². The van der Waals surface area contributed by atoms with Crippen molar-refractivity contribution in [3.05, 3.63) is 34.9 Å². The number of ether oxygens (including phenoxy) is 1. The molecule has 1 fully saturated rings. The van der Waals surface area contributed by atoms with E-state index in [1.54, 1.807) is 12.0 Å². The Kier molecular flexibility index (Phi) is 9.04. The molecule has 1 aromatic rings. The number of hydrogen-bond acceptors (Lipinski definition) is 4. The Balaban J connectivity index is 1.91. The van der Waals surface area contributed by atoms with E-state index in [-0.39, 0.29) is 30.2 Å². The largest absolute Gasteiger partial charge is 0.383 e. The molecule has 2 amide bonds. The second-order valence-electron chi connectivity index (χ2n) is 7.10. The maximum atomic E-state index is 12.5. The molecule has 0 aromatic heterocycles. The summed E-state index contributed by atoms with van der Waals surface area (Å²) in [4.78, 5) is 26.6. The third kappa shape index (κ3) is 7.48. The van der Waals surface area contributed by atoms with Gasteiger partial charge in [-0.05, 0) is 30.5 Å². The molecular weight excluding hydrogens is 366 g/mol. The number of nitrogens with zero attached hydrogens (tertiary/aromatic N) is 1. The summed E-state index contributed by atoms with van der Waals surface area (Å²) in [7, 11) is 3.41. The van der Waals surface area contributed by atoms with Gasteiger partial charge in [0.05, 0.1) is 6.61 Å². The predicted molar refractivity (Wildman–Crippen MR) is 107 cm³/mol. The van der Waals surface area contributed by atoms with Crippen molar-refractivity contribution < 1.29 is 14.3 Å². The normalized spacial score (nSPS) is 21.3. The highest BCUT2D eigenvalue weighted by atomic mass is 35.5. The number of nitrogens with one attached hydrogen (secondary N) is 2. The first-order valence-corrected chi connectivity index (χ1v) is 9.86. The van der Waals surface area contributed by atoms with E-state index in [4.69, 9.17) is 16.3 Å². The molecule has 1 aliphatic rings. The summed E-state index contributed by atoms with van der Waals surface area (Å²) in [6.07, 6.45) is 2.79. The number of methoxy groups -OCH3 is 1. The molecule has 2 rings (SSSR count). The molecule has 150 valence electrons. The lowest BCUT2D eigenvalue weighted by molar-refractivity contribution is -0.135. The van der Waals surface area contributed by atoms with Gasteiger partial charge in [-0.25, -0.2) is 0 Å². The molecule has 1 saturated heterocycles. The SMILES string of the molecule is COCCNC(=O)[C@@H]1CCC[C@@H](NCc2cccc(Cl)c2)CN(C)C(=O)C1. The molecular formula is C20H30ClN3O3. The topological polar surface area (TPSA) is 70.7 Å². The third-order valence-corrected chi connectivity index (χ3v) is 5.14. The summed E-state index contributed by atoms with van der Waals surface area (Å²) in [6.45, 7) is 2.28. The number of amides is 2. The second-order valence-corrected chi connectivity index (χ2v) is 7.53. The molecule has 6 nitrogen and oxygen atoms in total. The summed E-state index contributed by atoms with van der Waals surface area (Å²) in [6, 6.07) is 7.95. The summed E-state index contributed by atoms with van der Waals surface area (Å²) in [5.74, 6) is -0.319. The number of hydrogen-bond donors (Lipinski definition) is 2. The predicted octanol–water partition coefficient (Wildman–Crippen LogP) is 2.21. The lowest BCUT2D eigenvalue weighted by Crippen LogP contribution is -2.42. The average Bonchev–Trinajstić information content (AvgIpc) is 2.71. The molecule has 1 aliphatic heterocycles. The average molecular weight is 396 g/mol. The standard InChI is InChI=1S/C20H30ClN3O3/c1-24-14-18(23-13-15-5-3-7-17(21)11-15)8-4-6-16(12-19(24)25)20(26)22-9-10-27-2/h3,5,7,11,16,18,23H,4,6,8-10,12-14H2,1-2H3,(H,22,26)/t16-,18-/m1/s1. The number of rotatable bonds is 7. The minimum atomic E-state index is -0.275. The zero-order valence-electron chi connectivity index (χ0n) is 16.2. The van der Waals surface area contributed by atoms with Crippen molar-refractivity contribution in [2.24, 2.45) is 5.92 Å². The summed E-state index contributed by atoms with van der Waals surface area (Å²) in [5, 5.41) is 7.11. The van der Waals surface area contributed by atoms with Crippen molar-refractivity contribution in [3.8, 4) is 0 Å². The van der Waals surface area contributed by atoms with Crippen LogP contribution in [0.4, 0.5) is 0 Å². The molecule has 0 spiro atoms. The van der Waals surface area contributed by atoms with E-state index < -0.39 is 0 Å². The van der Waals surface area contributed by atoms with Crippen molar-refractivity contribution >= 4 is 23.4 Å². The van der Waals surface area contributed by atoms with Crippen molar-refractivity contribution in [3.63, 3.8) is 0 Å². The van der Waals surface area contributed by atoms with Crippen LogP contribution in [0.25, 0.3) is 0 Å². The van der Waals surface area contributed by atoms with Crippen molar-refractivity contribution in [2.45, 2.75) is 38.3 Å². The van der Waals surface area contributed by atoms with Crippen LogP contribution in [0.5, 0.6) is 0 Å². The van der Waals surface area contributed by atoms with Crippen LogP contribution in [0.15, 0.2) is 24.3 Å². The maximum absolute atomic E-state index is 12.5. The highest BCUT2D eigenvalue weighted by Gasteiger charge is 2.26. The quantitative estimate of drug-likeness (QED) is 0.694. The van der Waals surface area contributed by atoms with Gasteiger partial charge in [0.2, 0.25) is 11.8 Å². The van der Waals surface area contributed by atoms with Crippen molar-refractivity contribution in [2.75, 3.05) is 33.9 Å². The number of benzene rings is 1. The number of halogens is 1.